The van der Waals surface area contributed by atoms with Gasteiger partial charge in [0, 0.05) is 17.5 Å². The Kier molecular flexibility index (Phi) is 6.13. The molecule has 0 aliphatic carbocycles. The van der Waals surface area contributed by atoms with Crippen molar-refractivity contribution in [2.24, 2.45) is 0 Å². The minimum atomic E-state index is -0.325. The van der Waals surface area contributed by atoms with Crippen molar-refractivity contribution in [3.05, 3.63) is 65.2 Å². The summed E-state index contributed by atoms with van der Waals surface area (Å²) in [5.41, 5.74) is 4.42. The van der Waals surface area contributed by atoms with Gasteiger partial charge in [0.15, 0.2) is 0 Å². The molecule has 1 heterocycles. The number of nitrogens with one attached hydrogen (secondary N) is 1. The molecule has 0 fully saturated rings. The Morgan fingerprint density at radius 1 is 1.07 bits per heavy atom. The molecule has 1 aromatic heterocycles. The number of hydrogen-bond acceptors (Lipinski definition) is 4. The van der Waals surface area contributed by atoms with E-state index in [0.717, 1.165) is 22.6 Å². The lowest BCUT2D eigenvalue weighted by molar-refractivity contribution is 0.0922. The Bertz CT molecular complexity index is 1010. The molecule has 0 aliphatic heterocycles. The van der Waals surface area contributed by atoms with E-state index in [1.807, 2.05) is 48.9 Å². The van der Waals surface area contributed by atoms with E-state index >= 15 is 0 Å². The lowest BCUT2D eigenvalue weighted by Gasteiger charge is -2.15. The number of hydrogen-bond donors (Lipinski definition) is 2. The van der Waals surface area contributed by atoms with Crippen molar-refractivity contribution in [3.63, 3.8) is 0 Å². The van der Waals surface area contributed by atoms with Crippen molar-refractivity contribution in [2.45, 2.75) is 46.6 Å². The van der Waals surface area contributed by atoms with Gasteiger partial charge in [-0.05, 0) is 50.1 Å². The molecule has 2 N–H and O–H groups in total. The number of amides is 1. The average Bonchev–Trinajstić information content (AvgIpc) is 3.10. The number of aromatic nitrogens is 3. The maximum atomic E-state index is 12.8. The van der Waals surface area contributed by atoms with Gasteiger partial charge in [-0.15, -0.1) is 0 Å². The predicted octanol–water partition coefficient (Wildman–Crippen LogP) is 3.79. The number of aliphatic hydroxyl groups is 1. The molecular formula is C23H28N4O2. The maximum absolute atomic E-state index is 12.8. The van der Waals surface area contributed by atoms with Crippen LogP contribution in [0.3, 0.4) is 0 Å². The van der Waals surface area contributed by atoms with Crippen molar-refractivity contribution in [1.29, 1.82) is 0 Å². The Morgan fingerprint density at radius 2 is 1.76 bits per heavy atom. The van der Waals surface area contributed by atoms with Crippen LogP contribution < -0.4 is 5.32 Å². The first kappa shape index (κ1) is 20.7. The number of benzene rings is 2. The van der Waals surface area contributed by atoms with E-state index in [1.54, 1.807) is 6.92 Å². The minimum absolute atomic E-state index is 0.115. The zero-order valence-corrected chi connectivity index (χ0v) is 17.6. The lowest BCUT2D eigenvalue weighted by atomic mass is 10.0. The van der Waals surface area contributed by atoms with Crippen molar-refractivity contribution in [3.8, 4) is 16.8 Å². The molecule has 0 bridgehead atoms. The molecule has 6 nitrogen and oxygen atoms in total. The highest BCUT2D eigenvalue weighted by molar-refractivity contribution is 5.96. The lowest BCUT2D eigenvalue weighted by Crippen LogP contribution is -2.35. The van der Waals surface area contributed by atoms with Crippen LogP contribution in [0.2, 0.25) is 0 Å². The number of aryl methyl sites for hydroxylation is 2. The Labute approximate surface area is 171 Å². The molecule has 0 spiro atoms. The van der Waals surface area contributed by atoms with Gasteiger partial charge in [-0.1, -0.05) is 43.7 Å². The Morgan fingerprint density at radius 3 is 2.38 bits per heavy atom. The summed E-state index contributed by atoms with van der Waals surface area (Å²) in [5.74, 6) is 1.49. The zero-order valence-electron chi connectivity index (χ0n) is 17.6. The van der Waals surface area contributed by atoms with Crippen LogP contribution in [0.1, 0.15) is 54.3 Å². The summed E-state index contributed by atoms with van der Waals surface area (Å²) in [6, 6.07) is 13.6. The number of carbonyl (C=O) groups is 1. The SMILES string of the molecule is Cc1ccc(-c2cc(C(=O)NC(C)CO)cc(-n3nc(C)nc3C(C)C)c2)cc1. The van der Waals surface area contributed by atoms with E-state index in [1.165, 1.54) is 5.56 Å². The molecule has 1 unspecified atom stereocenters. The molecule has 0 aliphatic rings. The second-order valence-corrected chi connectivity index (χ2v) is 7.78. The van der Waals surface area contributed by atoms with E-state index in [9.17, 15) is 9.90 Å². The van der Waals surface area contributed by atoms with Crippen molar-refractivity contribution >= 4 is 5.91 Å². The van der Waals surface area contributed by atoms with Crippen LogP contribution in [-0.2, 0) is 0 Å². The number of aliphatic hydroxyl groups excluding tert-OH is 1. The molecular weight excluding hydrogens is 364 g/mol. The van der Waals surface area contributed by atoms with Gasteiger partial charge in [0.05, 0.1) is 12.3 Å². The third-order valence-electron chi connectivity index (χ3n) is 4.72. The summed E-state index contributed by atoms with van der Waals surface area (Å²) in [7, 11) is 0. The van der Waals surface area contributed by atoms with Gasteiger partial charge in [-0.3, -0.25) is 4.79 Å². The smallest absolute Gasteiger partial charge is 0.251 e. The normalized spacial score (nSPS) is 12.2. The first-order valence-electron chi connectivity index (χ1n) is 9.86. The van der Waals surface area contributed by atoms with Gasteiger partial charge < -0.3 is 10.4 Å². The predicted molar refractivity (Wildman–Crippen MR) is 114 cm³/mol. The van der Waals surface area contributed by atoms with Crippen molar-refractivity contribution in [1.82, 2.24) is 20.1 Å². The maximum Gasteiger partial charge on any atom is 0.251 e. The monoisotopic (exact) mass is 392 g/mol. The molecule has 0 saturated heterocycles. The molecule has 1 amide bonds. The standard InChI is InChI=1S/C23H28N4O2/c1-14(2)22-25-17(5)26-27(22)21-11-19(18-8-6-15(3)7-9-18)10-20(12-21)23(29)24-16(4)13-28/h6-12,14,16,28H,13H2,1-5H3,(H,24,29). The van der Waals surface area contributed by atoms with Crippen LogP contribution in [0.15, 0.2) is 42.5 Å². The molecule has 1 atom stereocenters. The number of nitrogens with zero attached hydrogens (tertiary/aromatic N) is 3. The van der Waals surface area contributed by atoms with Crippen LogP contribution in [0.5, 0.6) is 0 Å². The quantitative estimate of drug-likeness (QED) is 0.669. The summed E-state index contributed by atoms with van der Waals surface area (Å²) in [6.07, 6.45) is 0. The third-order valence-corrected chi connectivity index (χ3v) is 4.72. The summed E-state index contributed by atoms with van der Waals surface area (Å²) >= 11 is 0. The van der Waals surface area contributed by atoms with Crippen molar-refractivity contribution < 1.29 is 9.90 Å². The van der Waals surface area contributed by atoms with Crippen LogP contribution in [0, 0.1) is 13.8 Å². The van der Waals surface area contributed by atoms with Crippen LogP contribution in [0.25, 0.3) is 16.8 Å². The highest BCUT2D eigenvalue weighted by Gasteiger charge is 2.17. The summed E-state index contributed by atoms with van der Waals surface area (Å²) in [6.45, 7) is 9.70. The topological polar surface area (TPSA) is 80.0 Å². The average molecular weight is 393 g/mol. The van der Waals surface area contributed by atoms with Gasteiger partial charge in [0.25, 0.3) is 5.91 Å². The Balaban J connectivity index is 2.15. The largest absolute Gasteiger partial charge is 0.394 e. The zero-order chi connectivity index (χ0) is 21.1. The molecule has 29 heavy (non-hydrogen) atoms. The van der Waals surface area contributed by atoms with E-state index in [-0.39, 0.29) is 24.5 Å². The second kappa shape index (κ2) is 8.57. The first-order valence-corrected chi connectivity index (χ1v) is 9.86. The summed E-state index contributed by atoms with van der Waals surface area (Å²) < 4.78 is 1.81. The summed E-state index contributed by atoms with van der Waals surface area (Å²) in [5, 5.41) is 16.7. The molecule has 3 aromatic rings. The van der Waals surface area contributed by atoms with Gasteiger partial charge >= 0.3 is 0 Å². The van der Waals surface area contributed by atoms with Gasteiger partial charge in [0.2, 0.25) is 0 Å². The Hall–Kier alpha value is -2.99. The highest BCUT2D eigenvalue weighted by Crippen LogP contribution is 2.26. The van der Waals surface area contributed by atoms with E-state index in [4.69, 9.17) is 0 Å². The van der Waals surface area contributed by atoms with E-state index < -0.39 is 0 Å². The minimum Gasteiger partial charge on any atom is -0.394 e. The van der Waals surface area contributed by atoms with Gasteiger partial charge in [0.1, 0.15) is 11.6 Å². The first-order chi connectivity index (χ1) is 13.8. The fraction of sp³-hybridized carbons (Fsp3) is 0.348. The van der Waals surface area contributed by atoms with Crippen LogP contribution in [-0.4, -0.2) is 38.4 Å². The molecule has 0 saturated carbocycles. The van der Waals surface area contributed by atoms with E-state index in [2.05, 4.69) is 41.4 Å². The number of carbonyl (C=O) groups excluding carboxylic acids is 1. The fourth-order valence-electron chi connectivity index (χ4n) is 3.13. The van der Waals surface area contributed by atoms with E-state index in [0.29, 0.717) is 11.4 Å². The molecule has 0 radical (unpaired) electrons. The highest BCUT2D eigenvalue weighted by atomic mass is 16.3. The summed E-state index contributed by atoms with van der Waals surface area (Å²) in [4.78, 5) is 17.3. The second-order valence-electron chi connectivity index (χ2n) is 7.78. The molecule has 6 heteroatoms. The van der Waals surface area contributed by atoms with Gasteiger partial charge in [-0.2, -0.15) is 5.10 Å². The number of rotatable bonds is 6. The molecule has 2 aromatic carbocycles. The fourth-order valence-corrected chi connectivity index (χ4v) is 3.13. The van der Waals surface area contributed by atoms with Crippen LogP contribution >= 0.6 is 0 Å². The van der Waals surface area contributed by atoms with Gasteiger partial charge in [-0.25, -0.2) is 9.67 Å². The molecule has 152 valence electrons. The van der Waals surface area contributed by atoms with Crippen LogP contribution in [0.4, 0.5) is 0 Å². The third kappa shape index (κ3) is 4.71. The van der Waals surface area contributed by atoms with Crippen molar-refractivity contribution in [2.75, 3.05) is 6.61 Å². The molecule has 3 rings (SSSR count).